The average Bonchev–Trinajstić information content (AvgIpc) is 2.09. The van der Waals surface area contributed by atoms with Gasteiger partial charge in [-0.15, -0.1) is 0 Å². The molecule has 0 saturated heterocycles. The molecule has 0 aliphatic carbocycles. The highest BCUT2D eigenvalue weighted by molar-refractivity contribution is 5.52. The van der Waals surface area contributed by atoms with Crippen LogP contribution in [0.5, 0.6) is 5.75 Å². The zero-order valence-electron chi connectivity index (χ0n) is 14.4. The second-order valence-corrected chi connectivity index (χ2v) is 8.66. The van der Waals surface area contributed by atoms with Crippen molar-refractivity contribution in [1.29, 1.82) is 0 Å². The number of hydrogen-bond donors (Lipinski definition) is 2. The lowest BCUT2D eigenvalue weighted by molar-refractivity contribution is 0.417. The number of rotatable bonds is 2. The smallest absolute Gasteiger partial charge is 0.123 e. The molecule has 114 valence electrons. The topological polar surface area (TPSA) is 46.2 Å². The molecule has 0 unspecified atom stereocenters. The van der Waals surface area contributed by atoms with E-state index < -0.39 is 0 Å². The van der Waals surface area contributed by atoms with Crippen LogP contribution in [-0.2, 0) is 17.3 Å². The van der Waals surface area contributed by atoms with Crippen molar-refractivity contribution in [2.75, 3.05) is 0 Å². The SMILES string of the molecule is CC(C)(N)Cc1ccc(C(C)(C)C)c(O)c1C(C)(C)C. The Kier molecular flexibility index (Phi) is 4.32. The van der Waals surface area contributed by atoms with Crippen LogP contribution < -0.4 is 5.73 Å². The van der Waals surface area contributed by atoms with Crippen molar-refractivity contribution < 1.29 is 5.11 Å². The maximum Gasteiger partial charge on any atom is 0.123 e. The molecule has 0 aliphatic rings. The second kappa shape index (κ2) is 5.07. The van der Waals surface area contributed by atoms with Crippen molar-refractivity contribution in [2.45, 2.75) is 78.2 Å². The van der Waals surface area contributed by atoms with Gasteiger partial charge >= 0.3 is 0 Å². The van der Waals surface area contributed by atoms with E-state index in [-0.39, 0.29) is 16.4 Å². The highest BCUT2D eigenvalue weighted by atomic mass is 16.3. The van der Waals surface area contributed by atoms with Gasteiger partial charge in [0.2, 0.25) is 0 Å². The first-order valence-corrected chi connectivity index (χ1v) is 7.38. The lowest BCUT2D eigenvalue weighted by atomic mass is 9.75. The Labute approximate surface area is 124 Å². The van der Waals surface area contributed by atoms with E-state index in [9.17, 15) is 5.11 Å². The van der Waals surface area contributed by atoms with Gasteiger partial charge < -0.3 is 10.8 Å². The zero-order chi connectivity index (χ0) is 15.9. The highest BCUT2D eigenvalue weighted by Crippen LogP contribution is 2.41. The van der Waals surface area contributed by atoms with E-state index in [4.69, 9.17) is 5.73 Å². The van der Waals surface area contributed by atoms with Crippen LogP contribution in [0.2, 0.25) is 0 Å². The Morgan fingerprint density at radius 1 is 0.900 bits per heavy atom. The molecule has 0 aliphatic heterocycles. The molecule has 20 heavy (non-hydrogen) atoms. The summed E-state index contributed by atoms with van der Waals surface area (Å²) in [6.45, 7) is 16.8. The molecule has 2 heteroatoms. The predicted octanol–water partition coefficient (Wildman–Crippen LogP) is 4.27. The van der Waals surface area contributed by atoms with Crippen molar-refractivity contribution in [3.05, 3.63) is 28.8 Å². The summed E-state index contributed by atoms with van der Waals surface area (Å²) in [5.41, 5.74) is 8.90. The summed E-state index contributed by atoms with van der Waals surface area (Å²) >= 11 is 0. The van der Waals surface area contributed by atoms with Crippen LogP contribution in [0.1, 0.15) is 72.1 Å². The summed E-state index contributed by atoms with van der Waals surface area (Å²) in [5.74, 6) is 0.437. The monoisotopic (exact) mass is 277 g/mol. The summed E-state index contributed by atoms with van der Waals surface area (Å²) in [5, 5.41) is 10.8. The molecule has 0 heterocycles. The Bertz CT molecular complexity index is 482. The molecule has 0 amide bonds. The molecular formula is C18H31NO. The van der Waals surface area contributed by atoms with Gasteiger partial charge in [-0.2, -0.15) is 0 Å². The van der Waals surface area contributed by atoms with E-state index in [1.54, 1.807) is 0 Å². The van der Waals surface area contributed by atoms with Crippen LogP contribution in [0.25, 0.3) is 0 Å². The Morgan fingerprint density at radius 3 is 1.75 bits per heavy atom. The number of hydrogen-bond acceptors (Lipinski definition) is 2. The van der Waals surface area contributed by atoms with Crippen molar-refractivity contribution in [2.24, 2.45) is 5.73 Å². The minimum atomic E-state index is -0.282. The van der Waals surface area contributed by atoms with E-state index in [2.05, 4.69) is 47.6 Å². The Hall–Kier alpha value is -1.02. The largest absolute Gasteiger partial charge is 0.507 e. The summed E-state index contributed by atoms with van der Waals surface area (Å²) in [7, 11) is 0. The van der Waals surface area contributed by atoms with Gasteiger partial charge in [-0.25, -0.2) is 0 Å². The number of benzene rings is 1. The second-order valence-electron chi connectivity index (χ2n) is 8.66. The molecular weight excluding hydrogens is 246 g/mol. The van der Waals surface area contributed by atoms with Gasteiger partial charge in [-0.1, -0.05) is 53.7 Å². The molecule has 0 aromatic heterocycles. The molecule has 2 nitrogen and oxygen atoms in total. The minimum absolute atomic E-state index is 0.0686. The standard InChI is InChI=1S/C18H31NO/c1-16(2,3)13-10-9-12(11-18(7,8)19)14(15(13)20)17(4,5)6/h9-10,20H,11,19H2,1-8H3. The molecule has 1 rings (SSSR count). The zero-order valence-corrected chi connectivity index (χ0v) is 14.4. The van der Waals surface area contributed by atoms with E-state index >= 15 is 0 Å². The van der Waals surface area contributed by atoms with Crippen molar-refractivity contribution in [3.63, 3.8) is 0 Å². The van der Waals surface area contributed by atoms with Crippen LogP contribution in [0.15, 0.2) is 12.1 Å². The number of phenolic OH excluding ortho intramolecular Hbond substituents is 1. The predicted molar refractivity (Wildman–Crippen MR) is 87.5 cm³/mol. The van der Waals surface area contributed by atoms with Gasteiger partial charge in [0.05, 0.1) is 0 Å². The number of phenols is 1. The fourth-order valence-corrected chi connectivity index (χ4v) is 2.71. The van der Waals surface area contributed by atoms with Crippen molar-refractivity contribution in [1.82, 2.24) is 0 Å². The van der Waals surface area contributed by atoms with Gasteiger partial charge in [0.1, 0.15) is 5.75 Å². The first kappa shape index (κ1) is 17.0. The molecule has 0 spiro atoms. The molecule has 0 radical (unpaired) electrons. The highest BCUT2D eigenvalue weighted by Gasteiger charge is 2.29. The fourth-order valence-electron chi connectivity index (χ4n) is 2.71. The van der Waals surface area contributed by atoms with E-state index in [1.807, 2.05) is 19.9 Å². The molecule has 0 fully saturated rings. The number of aromatic hydroxyl groups is 1. The third kappa shape index (κ3) is 3.99. The number of nitrogens with two attached hydrogens (primary N) is 1. The van der Waals surface area contributed by atoms with Gasteiger partial charge in [0.15, 0.2) is 0 Å². The van der Waals surface area contributed by atoms with Crippen molar-refractivity contribution >= 4 is 0 Å². The first-order valence-electron chi connectivity index (χ1n) is 7.38. The quantitative estimate of drug-likeness (QED) is 0.848. The summed E-state index contributed by atoms with van der Waals surface area (Å²) < 4.78 is 0. The summed E-state index contributed by atoms with van der Waals surface area (Å²) in [4.78, 5) is 0. The average molecular weight is 277 g/mol. The van der Waals surface area contributed by atoms with Crippen LogP contribution in [0.3, 0.4) is 0 Å². The molecule has 0 atom stereocenters. The van der Waals surface area contributed by atoms with Crippen LogP contribution in [-0.4, -0.2) is 10.6 Å². The molecule has 1 aromatic rings. The molecule has 0 bridgehead atoms. The van der Waals surface area contributed by atoms with Crippen LogP contribution in [0.4, 0.5) is 0 Å². The fraction of sp³-hybridized carbons (Fsp3) is 0.667. The maximum absolute atomic E-state index is 10.8. The van der Waals surface area contributed by atoms with Gasteiger partial charge in [0.25, 0.3) is 0 Å². The van der Waals surface area contributed by atoms with Crippen molar-refractivity contribution in [3.8, 4) is 5.75 Å². The third-order valence-corrected chi connectivity index (χ3v) is 3.47. The molecule has 1 aromatic carbocycles. The third-order valence-electron chi connectivity index (χ3n) is 3.47. The molecule has 3 N–H and O–H groups in total. The maximum atomic E-state index is 10.8. The Balaban J connectivity index is 3.53. The van der Waals surface area contributed by atoms with E-state index in [0.29, 0.717) is 5.75 Å². The Morgan fingerprint density at radius 2 is 1.40 bits per heavy atom. The lowest BCUT2D eigenvalue weighted by Crippen LogP contribution is -2.35. The summed E-state index contributed by atoms with van der Waals surface area (Å²) in [6.07, 6.45) is 0.761. The van der Waals surface area contributed by atoms with Crippen LogP contribution in [0, 0.1) is 0 Å². The van der Waals surface area contributed by atoms with Crippen LogP contribution >= 0.6 is 0 Å². The summed E-state index contributed by atoms with van der Waals surface area (Å²) in [6, 6.07) is 4.18. The normalized spacial score (nSPS) is 13.7. The molecule has 0 saturated carbocycles. The lowest BCUT2D eigenvalue weighted by Gasteiger charge is -2.31. The van der Waals surface area contributed by atoms with Gasteiger partial charge in [-0.3, -0.25) is 0 Å². The van der Waals surface area contributed by atoms with E-state index in [1.165, 1.54) is 0 Å². The minimum Gasteiger partial charge on any atom is -0.507 e. The van der Waals surface area contributed by atoms with E-state index in [0.717, 1.165) is 23.1 Å². The van der Waals surface area contributed by atoms with Gasteiger partial charge in [0, 0.05) is 11.1 Å². The van der Waals surface area contributed by atoms with Gasteiger partial charge in [-0.05, 0) is 42.2 Å². The first-order chi connectivity index (χ1) is 8.73.